The van der Waals surface area contributed by atoms with Crippen LogP contribution in [0.5, 0.6) is 5.75 Å². The normalized spacial score (nSPS) is 16.4. The molecule has 2 rings (SSSR count). The molecule has 1 aromatic rings. The van der Waals surface area contributed by atoms with E-state index in [2.05, 4.69) is 5.32 Å². The number of carbonyl (C=O) groups excluding carboxylic acids is 1. The Balaban J connectivity index is 2.36. The van der Waals surface area contributed by atoms with Crippen LogP contribution in [0.3, 0.4) is 0 Å². The number of rotatable bonds is 5. The molecule has 1 saturated carbocycles. The molecule has 8 heteroatoms. The van der Waals surface area contributed by atoms with Gasteiger partial charge in [-0.3, -0.25) is 4.79 Å². The first kappa shape index (κ1) is 15.7. The minimum atomic E-state index is -4.20. The molecule has 1 aliphatic carbocycles. The monoisotopic (exact) mass is 316 g/mol. The summed E-state index contributed by atoms with van der Waals surface area (Å²) in [5.41, 5.74) is -0.107. The number of ether oxygens (including phenoxy) is 1. The summed E-state index contributed by atoms with van der Waals surface area (Å²) in [5, 5.41) is 7.74. The van der Waals surface area contributed by atoms with Gasteiger partial charge < -0.3 is 10.1 Å². The minimum absolute atomic E-state index is 0.0411. The molecule has 1 amide bonds. The number of nitrogens with one attached hydrogen (secondary N) is 1. The third kappa shape index (κ3) is 3.51. The summed E-state index contributed by atoms with van der Waals surface area (Å²) in [7, 11) is -3.07. The average Bonchev–Trinajstić information content (AvgIpc) is 3.20. The number of hydrogen-bond acceptors (Lipinski definition) is 4. The smallest absolute Gasteiger partial charge is 0.251 e. The summed E-state index contributed by atoms with van der Waals surface area (Å²) in [5.74, 6) is -1.56. The van der Waals surface area contributed by atoms with Gasteiger partial charge in [0.2, 0.25) is 10.0 Å². The van der Waals surface area contributed by atoms with Gasteiger partial charge in [-0.2, -0.15) is 0 Å². The zero-order valence-corrected chi connectivity index (χ0v) is 12.5. The predicted octanol–water partition coefficient (Wildman–Crippen LogP) is 1.01. The van der Waals surface area contributed by atoms with E-state index in [1.54, 1.807) is 0 Å². The molecule has 0 heterocycles. The van der Waals surface area contributed by atoms with E-state index in [-0.39, 0.29) is 11.6 Å². The van der Waals surface area contributed by atoms with E-state index in [0.717, 1.165) is 32.1 Å². The first-order valence-corrected chi connectivity index (χ1v) is 8.00. The van der Waals surface area contributed by atoms with Crippen LogP contribution in [0.2, 0.25) is 0 Å². The lowest BCUT2D eigenvalue weighted by atomic mass is 10.1. The van der Waals surface area contributed by atoms with E-state index in [1.807, 2.05) is 6.92 Å². The molecule has 6 nitrogen and oxygen atoms in total. The van der Waals surface area contributed by atoms with Crippen LogP contribution < -0.4 is 15.2 Å². The molecule has 0 aromatic heterocycles. The molecule has 0 bridgehead atoms. The number of carbonyl (C=O) groups is 1. The highest BCUT2D eigenvalue weighted by Crippen LogP contribution is 2.33. The average molecular weight is 316 g/mol. The van der Waals surface area contributed by atoms with Crippen LogP contribution in [0.25, 0.3) is 0 Å². The summed E-state index contributed by atoms with van der Waals surface area (Å²) < 4.78 is 41.5. The Morgan fingerprint density at radius 2 is 2.10 bits per heavy atom. The van der Waals surface area contributed by atoms with Gasteiger partial charge in [-0.05, 0) is 37.8 Å². The molecule has 1 atom stereocenters. The molecule has 1 fully saturated rings. The number of halogens is 1. The van der Waals surface area contributed by atoms with Crippen LogP contribution in [0.15, 0.2) is 17.0 Å². The van der Waals surface area contributed by atoms with E-state index in [9.17, 15) is 17.6 Å². The Kier molecular flexibility index (Phi) is 4.20. The fraction of sp³-hybridized carbons (Fsp3) is 0.462. The van der Waals surface area contributed by atoms with Crippen molar-refractivity contribution in [3.05, 3.63) is 23.5 Å². The van der Waals surface area contributed by atoms with Gasteiger partial charge in [-0.15, -0.1) is 0 Å². The van der Waals surface area contributed by atoms with Gasteiger partial charge in [0.15, 0.2) is 11.6 Å². The van der Waals surface area contributed by atoms with Crippen molar-refractivity contribution in [1.82, 2.24) is 5.32 Å². The quantitative estimate of drug-likeness (QED) is 0.847. The Labute approximate surface area is 122 Å². The van der Waals surface area contributed by atoms with Crippen LogP contribution in [0.4, 0.5) is 4.39 Å². The third-order valence-electron chi connectivity index (χ3n) is 3.47. The highest BCUT2D eigenvalue weighted by atomic mass is 32.2. The Morgan fingerprint density at radius 3 is 2.57 bits per heavy atom. The number of benzene rings is 1. The number of nitrogens with two attached hydrogens (primary N) is 1. The summed E-state index contributed by atoms with van der Waals surface area (Å²) in [6, 6.07) is 1.91. The number of hydrogen-bond donors (Lipinski definition) is 2. The van der Waals surface area contributed by atoms with Crippen molar-refractivity contribution < 1.29 is 22.3 Å². The van der Waals surface area contributed by atoms with Crippen molar-refractivity contribution in [2.45, 2.75) is 30.7 Å². The maximum Gasteiger partial charge on any atom is 0.251 e. The Bertz CT molecular complexity index is 671. The second-order valence-corrected chi connectivity index (χ2v) is 6.66. The van der Waals surface area contributed by atoms with Crippen LogP contribution in [0, 0.1) is 11.7 Å². The molecule has 1 unspecified atom stereocenters. The number of sulfonamides is 1. The topological polar surface area (TPSA) is 98.5 Å². The van der Waals surface area contributed by atoms with Crippen molar-refractivity contribution in [2.24, 2.45) is 11.1 Å². The zero-order valence-electron chi connectivity index (χ0n) is 11.7. The fourth-order valence-electron chi connectivity index (χ4n) is 2.11. The summed E-state index contributed by atoms with van der Waals surface area (Å²) in [6.07, 6.45) is 2.09. The molecule has 0 spiro atoms. The van der Waals surface area contributed by atoms with Crippen LogP contribution >= 0.6 is 0 Å². The van der Waals surface area contributed by atoms with E-state index in [4.69, 9.17) is 9.88 Å². The van der Waals surface area contributed by atoms with E-state index in [0.29, 0.717) is 5.92 Å². The maximum absolute atomic E-state index is 13.9. The Morgan fingerprint density at radius 1 is 1.48 bits per heavy atom. The van der Waals surface area contributed by atoms with Crippen LogP contribution in [0.1, 0.15) is 30.1 Å². The molecule has 0 aliphatic heterocycles. The molecule has 116 valence electrons. The molecule has 1 aliphatic rings. The maximum atomic E-state index is 13.9. The van der Waals surface area contributed by atoms with Gasteiger partial charge in [0.25, 0.3) is 5.91 Å². The van der Waals surface area contributed by atoms with E-state index < -0.39 is 32.4 Å². The van der Waals surface area contributed by atoms with E-state index in [1.165, 1.54) is 0 Å². The highest BCUT2D eigenvalue weighted by molar-refractivity contribution is 7.89. The van der Waals surface area contributed by atoms with Crippen LogP contribution in [-0.2, 0) is 10.0 Å². The van der Waals surface area contributed by atoms with E-state index >= 15 is 0 Å². The summed E-state index contributed by atoms with van der Waals surface area (Å²) >= 11 is 0. The predicted molar refractivity (Wildman–Crippen MR) is 74.0 cm³/mol. The van der Waals surface area contributed by atoms with Crippen molar-refractivity contribution in [2.75, 3.05) is 7.11 Å². The first-order valence-electron chi connectivity index (χ1n) is 6.45. The van der Waals surface area contributed by atoms with Gasteiger partial charge in [0.1, 0.15) is 4.90 Å². The van der Waals surface area contributed by atoms with Gasteiger partial charge in [-0.1, -0.05) is 0 Å². The number of primary sulfonamides is 1. The second-order valence-electron chi connectivity index (χ2n) is 5.13. The number of amides is 1. The largest absolute Gasteiger partial charge is 0.492 e. The second kappa shape index (κ2) is 5.61. The molecule has 1 aromatic carbocycles. The standard InChI is InChI=1S/C13H17FN2O4S/c1-7(8-3-4-8)16-13(17)9-5-10(14)12(20-2)11(6-9)21(15,18)19/h5-8H,3-4H2,1-2H3,(H,16,17)(H2,15,18,19). The van der Waals surface area contributed by atoms with Gasteiger partial charge in [-0.25, -0.2) is 17.9 Å². The lowest BCUT2D eigenvalue weighted by Gasteiger charge is -2.14. The molecule has 21 heavy (non-hydrogen) atoms. The minimum Gasteiger partial charge on any atom is -0.492 e. The first-order chi connectivity index (χ1) is 9.74. The third-order valence-corrected chi connectivity index (χ3v) is 4.39. The van der Waals surface area contributed by atoms with Gasteiger partial charge >= 0.3 is 0 Å². The fourth-order valence-corrected chi connectivity index (χ4v) is 2.84. The lowest BCUT2D eigenvalue weighted by molar-refractivity contribution is 0.0935. The molecular formula is C13H17FN2O4S. The Hall–Kier alpha value is -1.67. The van der Waals surface area contributed by atoms with Crippen molar-refractivity contribution in [3.63, 3.8) is 0 Å². The van der Waals surface area contributed by atoms with Crippen molar-refractivity contribution in [3.8, 4) is 5.75 Å². The molecule has 3 N–H and O–H groups in total. The van der Waals surface area contributed by atoms with Crippen molar-refractivity contribution >= 4 is 15.9 Å². The lowest BCUT2D eigenvalue weighted by Crippen LogP contribution is -2.34. The summed E-state index contributed by atoms with van der Waals surface area (Å²) in [6.45, 7) is 1.86. The molecule has 0 saturated heterocycles. The van der Waals surface area contributed by atoms with Crippen molar-refractivity contribution in [1.29, 1.82) is 0 Å². The highest BCUT2D eigenvalue weighted by Gasteiger charge is 2.30. The SMILES string of the molecule is COc1c(F)cc(C(=O)NC(C)C2CC2)cc1S(N)(=O)=O. The van der Waals surface area contributed by atoms with Gasteiger partial charge in [0, 0.05) is 11.6 Å². The summed E-state index contributed by atoms with van der Waals surface area (Å²) in [4.78, 5) is 11.5. The van der Waals surface area contributed by atoms with Gasteiger partial charge in [0.05, 0.1) is 7.11 Å². The van der Waals surface area contributed by atoms with Crippen LogP contribution in [-0.4, -0.2) is 27.5 Å². The number of methoxy groups -OCH3 is 1. The molecule has 0 radical (unpaired) electrons. The zero-order chi connectivity index (χ0) is 15.8. The molecular weight excluding hydrogens is 299 g/mol.